The van der Waals surface area contributed by atoms with Crippen molar-refractivity contribution >= 4 is 11.9 Å². The highest BCUT2D eigenvalue weighted by molar-refractivity contribution is 5.88. The lowest BCUT2D eigenvalue weighted by Crippen LogP contribution is -2.50. The Bertz CT molecular complexity index is 1240. The number of carboxylic acids is 1. The average molecular weight is 565 g/mol. The van der Waals surface area contributed by atoms with E-state index in [4.69, 9.17) is 14.2 Å². The van der Waals surface area contributed by atoms with Crippen molar-refractivity contribution in [3.05, 3.63) is 58.8 Å². The topological polar surface area (TPSA) is 98.2 Å². The van der Waals surface area contributed by atoms with Gasteiger partial charge in [0, 0.05) is 24.3 Å². The van der Waals surface area contributed by atoms with Gasteiger partial charge < -0.3 is 24.2 Å². The van der Waals surface area contributed by atoms with Gasteiger partial charge in [-0.25, -0.2) is 9.78 Å². The molecule has 2 fully saturated rings. The summed E-state index contributed by atoms with van der Waals surface area (Å²) in [5.41, 5.74) is -0.0469. The molecule has 1 aromatic heterocycles. The molecule has 8 nitrogen and oxygen atoms in total. The van der Waals surface area contributed by atoms with Crippen molar-refractivity contribution in [2.24, 2.45) is 11.3 Å². The predicted molar refractivity (Wildman–Crippen MR) is 138 cm³/mol. The second-order valence-corrected chi connectivity index (χ2v) is 11.4. The first-order valence-electron chi connectivity index (χ1n) is 13.2. The van der Waals surface area contributed by atoms with E-state index in [1.165, 1.54) is 12.0 Å². The molecule has 0 saturated carbocycles. The Kier molecular flexibility index (Phi) is 8.46. The van der Waals surface area contributed by atoms with Gasteiger partial charge in [0.1, 0.15) is 12.1 Å². The van der Waals surface area contributed by atoms with Crippen LogP contribution < -0.4 is 4.74 Å². The van der Waals surface area contributed by atoms with Crippen LogP contribution in [-0.2, 0) is 31.8 Å². The number of benzene rings is 1. The molecule has 11 heteroatoms. The smallest absolute Gasteiger partial charge is 0.417 e. The number of nitrogens with zero attached hydrogens (tertiary/aromatic N) is 2. The Morgan fingerprint density at radius 2 is 1.90 bits per heavy atom. The molecule has 2 saturated heterocycles. The number of aliphatic carboxylic acids is 1. The predicted octanol–water partition coefficient (Wildman–Crippen LogP) is 5.18. The third-order valence-corrected chi connectivity index (χ3v) is 7.70. The van der Waals surface area contributed by atoms with Crippen LogP contribution >= 0.6 is 0 Å². The molecule has 2 aliphatic heterocycles. The van der Waals surface area contributed by atoms with Gasteiger partial charge in [0.25, 0.3) is 5.91 Å². The van der Waals surface area contributed by atoms with Gasteiger partial charge in [0.05, 0.1) is 31.4 Å². The first kappa shape index (κ1) is 29.8. The van der Waals surface area contributed by atoms with Crippen molar-refractivity contribution < 1.29 is 42.1 Å². The van der Waals surface area contributed by atoms with E-state index in [1.54, 1.807) is 6.07 Å². The van der Waals surface area contributed by atoms with Gasteiger partial charge in [-0.2, -0.15) is 13.2 Å². The average Bonchev–Trinajstić information content (AvgIpc) is 3.53. The number of carbonyl (C=O) groups is 2. The molecule has 1 amide bonds. The van der Waals surface area contributed by atoms with E-state index in [9.17, 15) is 27.9 Å². The van der Waals surface area contributed by atoms with Gasteiger partial charge in [0.2, 0.25) is 5.88 Å². The maximum Gasteiger partial charge on any atom is 0.417 e. The first-order valence-corrected chi connectivity index (χ1v) is 13.2. The van der Waals surface area contributed by atoms with Crippen LogP contribution in [0, 0.1) is 18.3 Å². The normalized spacial score (nSPS) is 25.3. The van der Waals surface area contributed by atoms with Gasteiger partial charge in [-0.05, 0) is 42.4 Å². The van der Waals surface area contributed by atoms with Crippen LogP contribution in [0.15, 0.2) is 36.5 Å². The van der Waals surface area contributed by atoms with Crippen molar-refractivity contribution in [2.75, 3.05) is 13.7 Å². The summed E-state index contributed by atoms with van der Waals surface area (Å²) in [6.07, 6.45) is -4.44. The third kappa shape index (κ3) is 5.81. The molecule has 218 valence electrons. The van der Waals surface area contributed by atoms with Crippen molar-refractivity contribution in [3.8, 4) is 5.88 Å². The van der Waals surface area contributed by atoms with E-state index >= 15 is 0 Å². The molecule has 5 atom stereocenters. The number of ether oxygens (including phenoxy) is 3. The molecule has 4 rings (SSSR count). The lowest BCUT2D eigenvalue weighted by Gasteiger charge is -2.35. The molecular formula is C29H35F3N2O6. The van der Waals surface area contributed by atoms with Crippen LogP contribution in [0.25, 0.3) is 0 Å². The van der Waals surface area contributed by atoms with E-state index in [0.717, 1.165) is 11.6 Å². The summed E-state index contributed by atoms with van der Waals surface area (Å²) < 4.78 is 57.7. The van der Waals surface area contributed by atoms with Crippen molar-refractivity contribution in [1.29, 1.82) is 0 Å². The number of carbonyl (C=O) groups excluding carboxylic acids is 1. The molecule has 1 aromatic carbocycles. The molecule has 3 heterocycles. The molecule has 0 radical (unpaired) electrons. The van der Waals surface area contributed by atoms with E-state index in [2.05, 4.69) is 4.98 Å². The Morgan fingerprint density at radius 1 is 1.20 bits per heavy atom. The maximum atomic E-state index is 13.9. The number of rotatable bonds is 7. The summed E-state index contributed by atoms with van der Waals surface area (Å²) in [5.74, 6) is -2.37. The summed E-state index contributed by atoms with van der Waals surface area (Å²) in [7, 11) is 1.30. The zero-order valence-corrected chi connectivity index (χ0v) is 23.2. The molecule has 1 N–H and O–H groups in total. The summed E-state index contributed by atoms with van der Waals surface area (Å²) in [6.45, 7) is 7.53. The monoisotopic (exact) mass is 564 g/mol. The SMILES string of the molecule is COc1ncc(C(F)(F)F)cc1COC1C(c2ccccc2C)N(C(=O)[C@@H]2CCCO2)C(C(=O)O)C1C(C)(C)C. The lowest BCUT2D eigenvalue weighted by atomic mass is 9.73. The maximum absolute atomic E-state index is 13.9. The zero-order chi connectivity index (χ0) is 29.4. The fraction of sp³-hybridized carbons (Fsp3) is 0.552. The standard InChI is InChI=1S/C29H35F3N2O6/c1-16-9-6-7-10-19(16)22-24(40-15-17-13-18(29(30,31)32)14-33-25(17)38-5)21(28(2,3)4)23(27(36)37)34(22)26(35)20-11-8-12-39-20/h6-7,9-10,13-14,20-24H,8,11-12,15H2,1-5H3,(H,36,37)/t20-,21?,22?,23?,24?/m0/s1. The van der Waals surface area contributed by atoms with Gasteiger partial charge in [-0.1, -0.05) is 45.0 Å². The highest BCUT2D eigenvalue weighted by Crippen LogP contribution is 2.51. The number of methoxy groups -OCH3 is 1. The zero-order valence-electron chi connectivity index (χ0n) is 23.2. The highest BCUT2D eigenvalue weighted by atomic mass is 19.4. The van der Waals surface area contributed by atoms with E-state index in [1.807, 2.05) is 45.9 Å². The second-order valence-electron chi connectivity index (χ2n) is 11.4. The minimum absolute atomic E-state index is 0.0344. The van der Waals surface area contributed by atoms with Crippen LogP contribution in [0.2, 0.25) is 0 Å². The summed E-state index contributed by atoms with van der Waals surface area (Å²) in [4.78, 5) is 32.0. The number of pyridine rings is 1. The van der Waals surface area contributed by atoms with Gasteiger partial charge in [-0.3, -0.25) is 4.79 Å². The second kappa shape index (κ2) is 11.4. The van der Waals surface area contributed by atoms with Crippen LogP contribution in [-0.4, -0.2) is 58.8 Å². The van der Waals surface area contributed by atoms with E-state index < -0.39 is 59.2 Å². The van der Waals surface area contributed by atoms with Crippen LogP contribution in [0.4, 0.5) is 13.2 Å². The Balaban J connectivity index is 1.84. The molecule has 0 bridgehead atoms. The Morgan fingerprint density at radius 3 is 2.45 bits per heavy atom. The number of carboxylic acid groups (broad SMARTS) is 1. The number of hydrogen-bond acceptors (Lipinski definition) is 6. The number of hydrogen-bond donors (Lipinski definition) is 1. The van der Waals surface area contributed by atoms with Crippen molar-refractivity contribution in [3.63, 3.8) is 0 Å². The molecule has 0 aliphatic carbocycles. The Labute approximate surface area is 231 Å². The van der Waals surface area contributed by atoms with E-state index in [-0.39, 0.29) is 18.1 Å². The number of halogens is 3. The quantitative estimate of drug-likeness (QED) is 0.495. The molecular weight excluding hydrogens is 529 g/mol. The Hall–Kier alpha value is -3.18. The van der Waals surface area contributed by atoms with Gasteiger partial charge >= 0.3 is 12.1 Å². The van der Waals surface area contributed by atoms with Crippen LogP contribution in [0.1, 0.15) is 61.9 Å². The lowest BCUT2D eigenvalue weighted by molar-refractivity contribution is -0.156. The van der Waals surface area contributed by atoms with Gasteiger partial charge in [0.15, 0.2) is 0 Å². The number of aromatic nitrogens is 1. The number of aryl methyl sites for hydroxylation is 1. The van der Waals surface area contributed by atoms with Crippen molar-refractivity contribution in [2.45, 2.75) is 77.6 Å². The number of likely N-dealkylation sites (tertiary alicyclic amines) is 1. The molecule has 2 aromatic rings. The molecule has 2 aliphatic rings. The minimum atomic E-state index is -4.63. The van der Waals surface area contributed by atoms with Crippen LogP contribution in [0.5, 0.6) is 5.88 Å². The first-order chi connectivity index (χ1) is 18.8. The minimum Gasteiger partial charge on any atom is -0.481 e. The number of amides is 1. The fourth-order valence-electron chi connectivity index (χ4n) is 5.90. The molecule has 0 spiro atoms. The summed E-state index contributed by atoms with van der Waals surface area (Å²) in [5, 5.41) is 10.5. The fourth-order valence-corrected chi connectivity index (χ4v) is 5.90. The number of alkyl halides is 3. The molecule has 40 heavy (non-hydrogen) atoms. The van der Waals surface area contributed by atoms with Gasteiger partial charge in [-0.15, -0.1) is 0 Å². The third-order valence-electron chi connectivity index (χ3n) is 7.70. The van der Waals surface area contributed by atoms with Crippen molar-refractivity contribution in [1.82, 2.24) is 9.88 Å². The highest BCUT2D eigenvalue weighted by Gasteiger charge is 2.59. The van der Waals surface area contributed by atoms with E-state index in [0.29, 0.717) is 31.2 Å². The largest absolute Gasteiger partial charge is 0.481 e. The summed E-state index contributed by atoms with van der Waals surface area (Å²) in [6, 6.07) is 6.16. The molecule has 4 unspecified atom stereocenters. The van der Waals surface area contributed by atoms with Crippen LogP contribution in [0.3, 0.4) is 0 Å². The summed E-state index contributed by atoms with van der Waals surface area (Å²) >= 11 is 0.